The summed E-state index contributed by atoms with van der Waals surface area (Å²) in [5.41, 5.74) is 19.4. The van der Waals surface area contributed by atoms with E-state index in [1.165, 1.54) is 154 Å². The van der Waals surface area contributed by atoms with Crippen molar-refractivity contribution in [2.75, 3.05) is 34.2 Å². The molecule has 2 aliphatic rings. The van der Waals surface area contributed by atoms with E-state index in [1.807, 2.05) is 84.9 Å². The van der Waals surface area contributed by atoms with Gasteiger partial charge in [0.05, 0.1) is 19.8 Å². The molecule has 0 aromatic heterocycles. The first-order chi connectivity index (χ1) is 73.2. The van der Waals surface area contributed by atoms with E-state index in [0.29, 0.717) is 5.56 Å². The Morgan fingerprint density at radius 3 is 0.900 bits per heavy atom. The van der Waals surface area contributed by atoms with E-state index < -0.39 is 21.4 Å². The van der Waals surface area contributed by atoms with Crippen LogP contribution in [0.15, 0.2) is 504 Å². The molecule has 24 rings (SSSR count). The van der Waals surface area contributed by atoms with Crippen molar-refractivity contribution in [1.29, 1.82) is 0 Å². The predicted octanol–water partition coefficient (Wildman–Crippen LogP) is 38.6. The summed E-state index contributed by atoms with van der Waals surface area (Å²) >= 11 is 0. The summed E-state index contributed by atoms with van der Waals surface area (Å²) in [7, 11) is -2.38. The minimum absolute atomic E-state index is 0. The van der Waals surface area contributed by atoms with Gasteiger partial charge in [-0.1, -0.05) is 380 Å². The Balaban J connectivity index is 0.000000126. The third-order valence-corrected chi connectivity index (χ3v) is 33.0. The second-order valence-electron chi connectivity index (χ2n) is 37.7. The summed E-state index contributed by atoms with van der Waals surface area (Å²) in [6.07, 6.45) is 14.2. The molecule has 22 aromatic rings. The highest BCUT2D eigenvalue weighted by molar-refractivity contribution is 7.88. The zero-order chi connectivity index (χ0) is 101. The number of nitrogens with one attached hydrogen (secondary N) is 1. The first kappa shape index (κ1) is 100. The average Bonchev–Trinajstić information content (AvgIpc) is 0.741. The van der Waals surface area contributed by atoms with Gasteiger partial charge in [0, 0.05) is 62.6 Å². The van der Waals surface area contributed by atoms with E-state index in [0.717, 1.165) is 129 Å². The number of fused-ring (bicyclic) bond motifs is 12. The fourth-order valence-electron chi connectivity index (χ4n) is 21.4. The number of methoxy groups -OCH3 is 2. The molecule has 14 heteroatoms. The normalized spacial score (nSPS) is 12.7. The summed E-state index contributed by atoms with van der Waals surface area (Å²) in [4.78, 5) is 6.91. The summed E-state index contributed by atoms with van der Waals surface area (Å²) in [5, 5.41) is 19.2. The van der Waals surface area contributed by atoms with Crippen LogP contribution in [0.4, 0.5) is 75.7 Å². The van der Waals surface area contributed by atoms with Gasteiger partial charge in [-0.15, -0.1) is 0 Å². The van der Waals surface area contributed by atoms with Gasteiger partial charge in [-0.2, -0.15) is 21.6 Å². The highest BCUT2D eigenvalue weighted by Crippen LogP contribution is 2.58. The van der Waals surface area contributed by atoms with Crippen molar-refractivity contribution in [2.24, 2.45) is 0 Å². The largest absolute Gasteiger partial charge is 0.534 e. The minimum atomic E-state index is -5.74. The third kappa shape index (κ3) is 22.2. The number of hydrogen-bond donors (Lipinski definition) is 1. The van der Waals surface area contributed by atoms with Crippen LogP contribution in [-0.2, 0) is 10.1 Å². The number of benzene rings is 22. The van der Waals surface area contributed by atoms with Crippen molar-refractivity contribution >= 4 is 151 Å². The van der Waals surface area contributed by atoms with Crippen LogP contribution in [0, 0.1) is 7.43 Å². The van der Waals surface area contributed by atoms with Gasteiger partial charge in [-0.05, 0) is 327 Å². The lowest BCUT2D eigenvalue weighted by Crippen LogP contribution is -2.28. The van der Waals surface area contributed by atoms with Crippen LogP contribution < -0.4 is 39.0 Å². The quantitative estimate of drug-likeness (QED) is 0.0221. The van der Waals surface area contributed by atoms with Gasteiger partial charge >= 0.3 is 15.6 Å². The number of rotatable bonds is 23. The highest BCUT2D eigenvalue weighted by atomic mass is 32.2. The smallest absolute Gasteiger partial charge is 0.496 e. The molecule has 0 saturated heterocycles. The molecule has 2 fully saturated rings. The van der Waals surface area contributed by atoms with E-state index in [4.69, 9.17) is 9.47 Å². The maximum absolute atomic E-state index is 12.7. The second kappa shape index (κ2) is 46.5. The Hall–Kier alpha value is -16.8. The molecule has 0 heterocycles. The average molecular weight is 2010 g/mol. The van der Waals surface area contributed by atoms with E-state index >= 15 is 0 Å². The summed E-state index contributed by atoms with van der Waals surface area (Å²) < 4.78 is 76.7. The second-order valence-corrected chi connectivity index (χ2v) is 42.0. The molecule has 742 valence electrons. The number of halogens is 3. The fraction of sp³-hybridized carbons (Fsp3) is 0.110. The van der Waals surface area contributed by atoms with Gasteiger partial charge < -0.3 is 41.1 Å². The zero-order valence-corrected chi connectivity index (χ0v) is 85.7. The molecule has 0 unspecified atom stereocenters. The van der Waals surface area contributed by atoms with E-state index in [2.05, 4.69) is 419 Å². The van der Waals surface area contributed by atoms with Crippen molar-refractivity contribution in [3.8, 4) is 72.9 Å². The lowest BCUT2D eigenvalue weighted by Gasteiger charge is -2.39. The lowest BCUT2D eigenvalue weighted by molar-refractivity contribution is -0.0500. The maximum atomic E-state index is 12.7. The summed E-state index contributed by atoms with van der Waals surface area (Å²) in [6, 6.07) is 174. The van der Waals surface area contributed by atoms with Crippen molar-refractivity contribution < 1.29 is 35.2 Å². The monoisotopic (exact) mass is 2000 g/mol. The number of hydrogen-bond acceptors (Lipinski definition) is 9. The SMILES string of the molecule is COc1cccc(OC)c1-c1ccccc1P(C1CCCCC1)C1CCCCC1.O=S(=O)(Oc1cccc(-c2ccc3c4ccccc4c4ccccc4c3c2)c1)C(F)(F)F.[CH3-].c1ccc(N(c2ccccc2)c2ccc(-c3ccc(N(c4ccccc4)c4cccc(-c5ccc6c7ccccc7c7ccccc7c6c5)c4)cc3)cc2)cc1.c1ccc(Nc2ccc(-c3ccc(N(c4ccccc4)c4ccccc4)cc3)cc2)cc1. The van der Waals surface area contributed by atoms with Crippen molar-refractivity contribution in [1.82, 2.24) is 0 Å². The number of para-hydroxylation sites is 6. The van der Waals surface area contributed by atoms with Gasteiger partial charge in [-0.25, -0.2) is 0 Å². The number of nitrogens with zero attached hydrogens (tertiary/aromatic N) is 3. The molecule has 150 heavy (non-hydrogen) atoms. The first-order valence-electron chi connectivity index (χ1n) is 51.1. The molecular formula is C136H115F3N4O5PS-. The molecular weight excluding hydrogens is 1890 g/mol. The van der Waals surface area contributed by atoms with Crippen molar-refractivity contribution in [2.45, 2.75) is 81.0 Å². The van der Waals surface area contributed by atoms with Gasteiger partial charge in [-0.3, -0.25) is 0 Å². The topological polar surface area (TPSA) is 83.6 Å². The van der Waals surface area contributed by atoms with Gasteiger partial charge in [0.1, 0.15) is 17.2 Å². The van der Waals surface area contributed by atoms with E-state index in [-0.39, 0.29) is 15.3 Å². The molecule has 1 N–H and O–H groups in total. The van der Waals surface area contributed by atoms with Crippen LogP contribution in [0.25, 0.3) is 120 Å². The van der Waals surface area contributed by atoms with Crippen LogP contribution in [-0.4, -0.2) is 39.5 Å². The Bertz CT molecular complexity index is 8300. The maximum Gasteiger partial charge on any atom is 0.534 e. The third-order valence-electron chi connectivity index (χ3n) is 28.5. The molecule has 0 radical (unpaired) electrons. The zero-order valence-electron chi connectivity index (χ0n) is 84.0. The molecule has 0 atom stereocenters. The van der Waals surface area contributed by atoms with Gasteiger partial charge in [0.2, 0.25) is 0 Å². The standard InChI is InChI=1S/C54H38N2.C30H24N2.C26H35O2P.C25H15F3O3S.CH3/c1-4-16-43(17-5-1)55(44-18-6-2-7-19-44)46-32-27-39(28-33-46)40-29-34-47(35-30-40)56(45-20-8-3-9-21-45)48-22-14-15-41(37-48)42-31-36-53-51-25-11-10-23-49(51)50-24-12-13-26-52(50)54(53)38-42;1-4-10-26(11-5-1)31-27-20-16-24(17-21-27)25-18-22-30(23-19-25)32(28-12-6-2-7-13-28)29-14-8-3-9-15-29;1-27-23-17-11-18-24(28-2)26(23)22-16-9-10-19-25(22)29(20-12-5-3-6-13-20)21-14-7-4-8-15-21;26-25(27,28)32(29,30)31-18-7-5-6-16(14-18)17-12-13-23-21-10-2-1-8-19(21)20-9-3-4-11-22(20)24(23)15-17;/h1-38H;1-23,31H;9-11,16-21H,3-8,12-15H2,1-2H3;1-15H;1H3/q;;;;-1. The van der Waals surface area contributed by atoms with Crippen molar-refractivity contribution in [3.05, 3.63) is 511 Å². The molecule has 0 bridgehead atoms. The van der Waals surface area contributed by atoms with Crippen LogP contribution >= 0.6 is 7.92 Å². The molecule has 0 spiro atoms. The molecule has 22 aromatic carbocycles. The lowest BCUT2D eigenvalue weighted by atomic mass is 9.92. The Morgan fingerprint density at radius 2 is 0.533 bits per heavy atom. The Kier molecular flexibility index (Phi) is 31.1. The van der Waals surface area contributed by atoms with Crippen LogP contribution in [0.3, 0.4) is 0 Å². The predicted molar refractivity (Wildman–Crippen MR) is 627 cm³/mol. The Labute approximate surface area is 878 Å². The Morgan fingerprint density at radius 1 is 0.260 bits per heavy atom. The molecule has 0 amide bonds. The summed E-state index contributed by atoms with van der Waals surface area (Å²) in [5.74, 6) is 1.43. The van der Waals surface area contributed by atoms with Crippen LogP contribution in [0.5, 0.6) is 17.2 Å². The molecule has 0 aliphatic heterocycles. The minimum Gasteiger partial charge on any atom is -0.496 e. The van der Waals surface area contributed by atoms with E-state index in [1.54, 1.807) is 25.6 Å². The van der Waals surface area contributed by atoms with Gasteiger partial charge in [0.15, 0.2) is 0 Å². The molecule has 2 aliphatic carbocycles. The summed E-state index contributed by atoms with van der Waals surface area (Å²) in [6.45, 7) is 0. The highest BCUT2D eigenvalue weighted by Gasteiger charge is 2.49. The number of ether oxygens (including phenoxy) is 2. The molecule has 2 saturated carbocycles. The van der Waals surface area contributed by atoms with Gasteiger partial charge in [0.25, 0.3) is 0 Å². The number of alkyl halides is 3. The fourth-order valence-corrected chi connectivity index (χ4v) is 25.8. The van der Waals surface area contributed by atoms with Crippen LogP contribution in [0.1, 0.15) is 64.2 Å². The van der Waals surface area contributed by atoms with Crippen molar-refractivity contribution in [3.63, 3.8) is 0 Å². The van der Waals surface area contributed by atoms with E-state index in [9.17, 15) is 21.6 Å². The number of anilines is 11. The first-order valence-corrected chi connectivity index (χ1v) is 54.0. The van der Waals surface area contributed by atoms with Crippen LogP contribution in [0.2, 0.25) is 0 Å². The molecule has 9 nitrogen and oxygen atoms in total.